The van der Waals surface area contributed by atoms with Crippen molar-refractivity contribution in [2.75, 3.05) is 19.8 Å². The maximum absolute atomic E-state index is 12.8. The van der Waals surface area contributed by atoms with Gasteiger partial charge >= 0.3 is 11.9 Å². The Labute approximate surface area is 428 Å². The van der Waals surface area contributed by atoms with Crippen LogP contribution < -0.4 is 0 Å². The summed E-state index contributed by atoms with van der Waals surface area (Å²) in [5, 5.41) is 0. The number of esters is 2. The van der Waals surface area contributed by atoms with Gasteiger partial charge in [0, 0.05) is 12.8 Å². The molecule has 0 rings (SSSR count). The maximum atomic E-state index is 12.8. The van der Waals surface area contributed by atoms with E-state index >= 15 is 0 Å². The first kappa shape index (κ1) is 64.5. The summed E-state index contributed by atoms with van der Waals surface area (Å²) in [4.78, 5) is 25.4. The normalized spacial score (nSPS) is 13.9. The lowest BCUT2D eigenvalue weighted by Gasteiger charge is -2.18. The Kier molecular flexibility index (Phi) is 53.2. The maximum Gasteiger partial charge on any atom is 0.306 e. The highest BCUT2D eigenvalue weighted by Gasteiger charge is 2.17. The summed E-state index contributed by atoms with van der Waals surface area (Å²) in [6.45, 7) is 7.06. The fourth-order valence-electron chi connectivity index (χ4n) is 6.04. The molecule has 0 aliphatic carbocycles. The quantitative estimate of drug-likeness (QED) is 0.0346. The van der Waals surface area contributed by atoms with Crippen molar-refractivity contribution in [3.05, 3.63) is 207 Å². The topological polar surface area (TPSA) is 61.8 Å². The second-order valence-corrected chi connectivity index (χ2v) is 16.3. The Hall–Kier alpha value is -5.52. The van der Waals surface area contributed by atoms with Crippen LogP contribution in [-0.4, -0.2) is 37.9 Å². The first-order valence-electron chi connectivity index (χ1n) is 26.6. The van der Waals surface area contributed by atoms with E-state index in [9.17, 15) is 9.59 Å². The molecule has 5 heteroatoms. The molecule has 0 N–H and O–H groups in total. The second kappa shape index (κ2) is 57.8. The molecule has 0 aliphatic rings. The van der Waals surface area contributed by atoms with Crippen LogP contribution in [0.3, 0.4) is 0 Å². The minimum atomic E-state index is -0.666. The molecule has 0 saturated heterocycles. The smallest absolute Gasteiger partial charge is 0.306 e. The highest BCUT2D eigenvalue weighted by atomic mass is 16.6. The number of carbonyl (C=O) groups is 2. The fourth-order valence-corrected chi connectivity index (χ4v) is 6.04. The van der Waals surface area contributed by atoms with Crippen LogP contribution in [0.15, 0.2) is 207 Å². The number of rotatable bonds is 45. The Balaban J connectivity index is 4.68. The lowest BCUT2D eigenvalue weighted by molar-refractivity contribution is -0.162. The highest BCUT2D eigenvalue weighted by Crippen LogP contribution is 2.06. The van der Waals surface area contributed by atoms with Crippen LogP contribution >= 0.6 is 0 Å². The van der Waals surface area contributed by atoms with Crippen molar-refractivity contribution in [2.24, 2.45) is 0 Å². The van der Waals surface area contributed by atoms with E-state index in [1.54, 1.807) is 0 Å². The van der Waals surface area contributed by atoms with Gasteiger partial charge in [-0.1, -0.05) is 227 Å². The van der Waals surface area contributed by atoms with Crippen LogP contribution in [-0.2, 0) is 23.8 Å². The van der Waals surface area contributed by atoms with Crippen LogP contribution in [0.2, 0.25) is 0 Å². The summed E-state index contributed by atoms with van der Waals surface area (Å²) < 4.78 is 17.2. The molecule has 0 aromatic heterocycles. The summed E-state index contributed by atoms with van der Waals surface area (Å²) in [5.74, 6) is -0.655. The molecule has 0 aromatic carbocycles. The van der Waals surface area contributed by atoms with E-state index in [0.29, 0.717) is 19.4 Å². The molecule has 0 fully saturated rings. The lowest BCUT2D eigenvalue weighted by Crippen LogP contribution is -2.30. The van der Waals surface area contributed by atoms with Crippen LogP contribution in [0.1, 0.15) is 162 Å². The van der Waals surface area contributed by atoms with Crippen LogP contribution in [0.5, 0.6) is 0 Å². The summed E-state index contributed by atoms with van der Waals surface area (Å²) in [5.41, 5.74) is 0. The van der Waals surface area contributed by atoms with Gasteiger partial charge in [-0.05, 0) is 128 Å². The van der Waals surface area contributed by atoms with Crippen molar-refractivity contribution in [2.45, 2.75) is 168 Å². The van der Waals surface area contributed by atoms with Gasteiger partial charge in [0.25, 0.3) is 0 Å². The summed E-state index contributed by atoms with van der Waals surface area (Å²) in [7, 11) is 0. The van der Waals surface area contributed by atoms with E-state index in [-0.39, 0.29) is 38.0 Å². The van der Waals surface area contributed by atoms with Crippen molar-refractivity contribution in [3.8, 4) is 0 Å². The Morgan fingerprint density at radius 1 is 0.300 bits per heavy atom. The number of ether oxygens (including phenoxy) is 3. The van der Waals surface area contributed by atoms with Crippen LogP contribution in [0.25, 0.3) is 0 Å². The zero-order chi connectivity index (χ0) is 50.6. The van der Waals surface area contributed by atoms with E-state index in [1.165, 1.54) is 0 Å². The molecule has 0 radical (unpaired) electrons. The van der Waals surface area contributed by atoms with E-state index in [2.05, 4.69) is 215 Å². The predicted octanol–water partition coefficient (Wildman–Crippen LogP) is 18.6. The average molecular weight is 955 g/mol. The van der Waals surface area contributed by atoms with Gasteiger partial charge in [0.2, 0.25) is 0 Å². The molecule has 0 heterocycles. The third-order valence-electron chi connectivity index (χ3n) is 9.84. The molecule has 0 bridgehead atoms. The predicted molar refractivity (Wildman–Crippen MR) is 306 cm³/mol. The molecule has 1 atom stereocenters. The minimum absolute atomic E-state index is 0.0318. The SMILES string of the molecule is CC/C=C\C/C=C\C/C=C\C/C=C\C/C=C\C/C=C\CCC(=O)OCC(COCC/C=C\C/C=C\C/C=C\C/C=C\C/C=C\CC)OC(=O)CC/C=C\C/C=C\C/C=C\C/C=C\C/C=C\C/C=C\CC. The largest absolute Gasteiger partial charge is 0.462 e. The lowest BCUT2D eigenvalue weighted by atomic mass is 10.2. The molecule has 0 amide bonds. The van der Waals surface area contributed by atoms with E-state index < -0.39 is 6.10 Å². The summed E-state index contributed by atoms with van der Waals surface area (Å²) >= 11 is 0. The van der Waals surface area contributed by atoms with E-state index in [0.717, 1.165) is 116 Å². The number of hydrogen-bond acceptors (Lipinski definition) is 5. The number of carbonyl (C=O) groups excluding carboxylic acids is 2. The van der Waals surface area contributed by atoms with Crippen molar-refractivity contribution in [1.82, 2.24) is 0 Å². The Morgan fingerprint density at radius 3 is 0.829 bits per heavy atom. The first-order valence-corrected chi connectivity index (χ1v) is 26.6. The Bertz CT molecular complexity index is 1740. The third-order valence-corrected chi connectivity index (χ3v) is 9.84. The van der Waals surface area contributed by atoms with Gasteiger partial charge in [0.15, 0.2) is 6.10 Å². The van der Waals surface area contributed by atoms with Crippen molar-refractivity contribution in [3.63, 3.8) is 0 Å². The van der Waals surface area contributed by atoms with Crippen molar-refractivity contribution >= 4 is 11.9 Å². The molecular formula is C65H94O5. The molecule has 0 saturated carbocycles. The zero-order valence-electron chi connectivity index (χ0n) is 43.9. The molecule has 70 heavy (non-hydrogen) atoms. The molecule has 1 unspecified atom stereocenters. The van der Waals surface area contributed by atoms with Gasteiger partial charge in [0.1, 0.15) is 6.61 Å². The van der Waals surface area contributed by atoms with Gasteiger partial charge < -0.3 is 14.2 Å². The molecule has 384 valence electrons. The second-order valence-electron chi connectivity index (χ2n) is 16.3. The zero-order valence-corrected chi connectivity index (χ0v) is 43.9. The highest BCUT2D eigenvalue weighted by molar-refractivity contribution is 5.70. The number of hydrogen-bond donors (Lipinski definition) is 0. The van der Waals surface area contributed by atoms with Gasteiger partial charge in [0.05, 0.1) is 13.2 Å². The van der Waals surface area contributed by atoms with E-state index in [4.69, 9.17) is 14.2 Å². The Morgan fingerprint density at radius 2 is 0.543 bits per heavy atom. The minimum Gasteiger partial charge on any atom is -0.462 e. The van der Waals surface area contributed by atoms with Gasteiger partial charge in [-0.25, -0.2) is 0 Å². The molecule has 0 aromatic rings. The number of allylic oxidation sites excluding steroid dienone is 33. The van der Waals surface area contributed by atoms with E-state index in [1.807, 2.05) is 12.2 Å². The van der Waals surface area contributed by atoms with Crippen LogP contribution in [0, 0.1) is 0 Å². The van der Waals surface area contributed by atoms with Gasteiger partial charge in [-0.3, -0.25) is 9.59 Å². The summed E-state index contributed by atoms with van der Waals surface area (Å²) in [6.07, 6.45) is 91.7. The van der Waals surface area contributed by atoms with Crippen molar-refractivity contribution in [1.29, 1.82) is 0 Å². The molecule has 5 nitrogen and oxygen atoms in total. The monoisotopic (exact) mass is 955 g/mol. The standard InChI is InChI=1S/C65H94O5/c1-4-7-10-13-16-19-22-25-28-31-33-35-37-40-43-46-49-52-55-58-64(66)69-62-63(61-68-60-57-54-51-48-45-42-39-30-27-24-21-18-15-12-9-6-3)70-65(67)59-56-53-50-47-44-41-38-36-34-32-29-26-23-20-17-14-11-8-5-2/h7-12,16-21,25-30,33-36,40-45,49-54,63H,4-6,13-15,22-24,31-32,37-39,46-48,55-62H2,1-3H3/b10-7-,11-8-,12-9-,19-16-,20-17-,21-18-,28-25-,29-26-,30-27-,35-33-,36-34-,43-40-,44-41-,45-42-,52-49-,53-50-,54-51-. The fraction of sp³-hybridized carbons (Fsp3) is 0.446. The summed E-state index contributed by atoms with van der Waals surface area (Å²) in [6, 6.07) is 0. The average Bonchev–Trinajstić information content (AvgIpc) is 3.36. The molecule has 0 aliphatic heterocycles. The van der Waals surface area contributed by atoms with Crippen molar-refractivity contribution < 1.29 is 23.8 Å². The first-order chi connectivity index (χ1) is 34.6. The third kappa shape index (κ3) is 55.1. The van der Waals surface area contributed by atoms with Crippen LogP contribution in [0.4, 0.5) is 0 Å². The van der Waals surface area contributed by atoms with Gasteiger partial charge in [-0.15, -0.1) is 0 Å². The molecular weight excluding hydrogens is 861 g/mol. The van der Waals surface area contributed by atoms with Gasteiger partial charge in [-0.2, -0.15) is 0 Å². The molecule has 0 spiro atoms.